The lowest BCUT2D eigenvalue weighted by Gasteiger charge is -2.21. The average molecular weight is 479 g/mol. The van der Waals surface area contributed by atoms with Crippen LogP contribution >= 0.6 is 0 Å². The topological polar surface area (TPSA) is 116 Å². The molecule has 0 aliphatic carbocycles. The first-order valence-corrected chi connectivity index (χ1v) is 12.0. The number of piperidine rings is 1. The zero-order valence-corrected chi connectivity index (χ0v) is 20.2. The van der Waals surface area contributed by atoms with Gasteiger partial charge in [0.15, 0.2) is 0 Å². The molecule has 1 aliphatic rings. The summed E-state index contributed by atoms with van der Waals surface area (Å²) in [6.45, 7) is 4.94. The Hall–Kier alpha value is -3.65. The molecule has 3 aromatic rings. The zero-order chi connectivity index (χ0) is 24.9. The highest BCUT2D eigenvalue weighted by Crippen LogP contribution is 2.24. The summed E-state index contributed by atoms with van der Waals surface area (Å²) in [6.07, 6.45) is 3.94. The molecule has 1 amide bonds. The van der Waals surface area contributed by atoms with Gasteiger partial charge in [-0.3, -0.25) is 9.59 Å². The minimum Gasteiger partial charge on any atom is -0.492 e. The quantitative estimate of drug-likeness (QED) is 0.335. The summed E-state index contributed by atoms with van der Waals surface area (Å²) in [4.78, 5) is 26.9. The third kappa shape index (κ3) is 8.57. The molecular weight excluding hydrogens is 444 g/mol. The molecule has 4 rings (SSSR count). The van der Waals surface area contributed by atoms with Crippen molar-refractivity contribution in [2.24, 2.45) is 5.92 Å². The molecule has 0 radical (unpaired) electrons. The van der Waals surface area contributed by atoms with Crippen LogP contribution in [-0.2, 0) is 20.9 Å². The molecular formula is C27H34N4O4. The number of benzene rings is 2. The average Bonchev–Trinajstić information content (AvgIpc) is 2.91. The normalized spacial score (nSPS) is 13.4. The van der Waals surface area contributed by atoms with Gasteiger partial charge in [-0.25, -0.2) is 4.98 Å². The molecule has 186 valence electrons. The first-order valence-electron chi connectivity index (χ1n) is 12.0. The molecule has 0 atom stereocenters. The number of ether oxygens (including phenoxy) is 2. The Morgan fingerprint density at radius 2 is 1.89 bits per heavy atom. The van der Waals surface area contributed by atoms with Crippen molar-refractivity contribution in [1.82, 2.24) is 15.6 Å². The molecule has 1 aromatic heterocycles. The largest absolute Gasteiger partial charge is 0.492 e. The maximum absolute atomic E-state index is 12.0. The van der Waals surface area contributed by atoms with Crippen LogP contribution in [0.2, 0.25) is 0 Å². The van der Waals surface area contributed by atoms with Gasteiger partial charge in [-0.15, -0.1) is 0 Å². The number of pyridine rings is 1. The van der Waals surface area contributed by atoms with Gasteiger partial charge in [0.25, 0.3) is 0 Å². The van der Waals surface area contributed by atoms with E-state index < -0.39 is 0 Å². The van der Waals surface area contributed by atoms with E-state index in [1.807, 2.05) is 54.6 Å². The first kappa shape index (κ1) is 26.0. The number of carbonyl (C=O) groups excluding carboxylic acids is 2. The van der Waals surface area contributed by atoms with E-state index in [4.69, 9.17) is 15.2 Å². The van der Waals surface area contributed by atoms with E-state index >= 15 is 0 Å². The van der Waals surface area contributed by atoms with Crippen LogP contribution in [0.4, 0.5) is 5.82 Å². The number of nitrogens with zero attached hydrogens (tertiary/aromatic N) is 1. The highest BCUT2D eigenvalue weighted by molar-refractivity contribution is 5.91. The molecule has 4 N–H and O–H groups in total. The van der Waals surface area contributed by atoms with Gasteiger partial charge in [0.2, 0.25) is 5.91 Å². The van der Waals surface area contributed by atoms with E-state index in [1.54, 1.807) is 13.1 Å². The van der Waals surface area contributed by atoms with Gasteiger partial charge in [-0.1, -0.05) is 43.3 Å². The molecule has 1 fully saturated rings. The molecule has 0 spiro atoms. The summed E-state index contributed by atoms with van der Waals surface area (Å²) in [7, 11) is 0. The number of carbonyl (C=O) groups is 2. The Balaban J connectivity index is 0.000000241. The Kier molecular flexibility index (Phi) is 10.3. The number of fused-ring (bicyclic) bond motifs is 1. The molecule has 2 aromatic carbocycles. The summed E-state index contributed by atoms with van der Waals surface area (Å²) in [6, 6.07) is 17.3. The van der Waals surface area contributed by atoms with Crippen molar-refractivity contribution >= 4 is 28.5 Å². The highest BCUT2D eigenvalue weighted by Gasteiger charge is 2.20. The van der Waals surface area contributed by atoms with Crippen LogP contribution in [0.25, 0.3) is 10.8 Å². The number of esters is 1. The molecule has 8 heteroatoms. The molecule has 35 heavy (non-hydrogen) atoms. The Labute approximate surface area is 206 Å². The standard InChI is InChI=1S/C17H22N4O2.C10H12O2/c18-16-15-11-14(2-1-12(15)5-8-20-16)23-10-9-21-17(22)13-3-6-19-7-4-13;1-2-10(11)12-8-9-6-4-3-5-7-9/h1-2,5,8,11,13,19H,3-4,6-7,9-10H2,(H2,18,20)(H,21,22);3-7H,2,8H2,1H3. The number of nitrogen functional groups attached to an aromatic ring is 1. The summed E-state index contributed by atoms with van der Waals surface area (Å²) in [5, 5.41) is 8.11. The third-order valence-electron chi connectivity index (χ3n) is 5.68. The lowest BCUT2D eigenvalue weighted by Crippen LogP contribution is -2.39. The summed E-state index contributed by atoms with van der Waals surface area (Å²) < 4.78 is 10.6. The van der Waals surface area contributed by atoms with E-state index in [1.165, 1.54) is 0 Å². The van der Waals surface area contributed by atoms with Crippen LogP contribution in [0.15, 0.2) is 60.8 Å². The SMILES string of the molecule is CCC(=O)OCc1ccccc1.Nc1nccc2ccc(OCCNC(=O)C3CCNCC3)cc12. The van der Waals surface area contributed by atoms with Crippen molar-refractivity contribution < 1.29 is 19.1 Å². The second-order valence-electron chi connectivity index (χ2n) is 8.24. The summed E-state index contributed by atoms with van der Waals surface area (Å²) >= 11 is 0. The molecule has 0 saturated carbocycles. The predicted octanol–water partition coefficient (Wildman–Crippen LogP) is 3.45. The highest BCUT2D eigenvalue weighted by atomic mass is 16.5. The minimum atomic E-state index is -0.154. The van der Waals surface area contributed by atoms with Gasteiger partial charge < -0.3 is 25.8 Å². The van der Waals surface area contributed by atoms with Crippen LogP contribution in [0.3, 0.4) is 0 Å². The van der Waals surface area contributed by atoms with E-state index in [-0.39, 0.29) is 17.8 Å². The van der Waals surface area contributed by atoms with Crippen LogP contribution < -0.4 is 21.1 Å². The fourth-order valence-electron chi connectivity index (χ4n) is 3.67. The van der Waals surface area contributed by atoms with Crippen molar-refractivity contribution in [3.8, 4) is 5.75 Å². The monoisotopic (exact) mass is 478 g/mol. The molecule has 0 unspecified atom stereocenters. The van der Waals surface area contributed by atoms with Crippen LogP contribution in [0.5, 0.6) is 5.75 Å². The second kappa shape index (κ2) is 13.9. The lowest BCUT2D eigenvalue weighted by atomic mass is 9.97. The molecule has 0 bridgehead atoms. The number of hydrogen-bond donors (Lipinski definition) is 3. The van der Waals surface area contributed by atoms with E-state index in [9.17, 15) is 9.59 Å². The Morgan fingerprint density at radius 1 is 1.11 bits per heavy atom. The molecule has 2 heterocycles. The van der Waals surface area contributed by atoms with Crippen molar-refractivity contribution in [1.29, 1.82) is 0 Å². The minimum absolute atomic E-state index is 0.127. The Bertz CT molecular complexity index is 1080. The number of amides is 1. The first-order chi connectivity index (χ1) is 17.1. The number of rotatable bonds is 8. The fourth-order valence-corrected chi connectivity index (χ4v) is 3.67. The van der Waals surface area contributed by atoms with Crippen LogP contribution in [-0.4, -0.2) is 43.1 Å². The van der Waals surface area contributed by atoms with Gasteiger partial charge in [0.05, 0.1) is 6.54 Å². The van der Waals surface area contributed by atoms with E-state index in [0.717, 1.165) is 48.0 Å². The van der Waals surface area contributed by atoms with Crippen molar-refractivity contribution in [2.75, 3.05) is 32.0 Å². The lowest BCUT2D eigenvalue weighted by molar-refractivity contribution is -0.144. The summed E-state index contributed by atoms with van der Waals surface area (Å²) in [5.74, 6) is 1.32. The van der Waals surface area contributed by atoms with Crippen molar-refractivity contribution in [3.63, 3.8) is 0 Å². The third-order valence-corrected chi connectivity index (χ3v) is 5.68. The van der Waals surface area contributed by atoms with Crippen molar-refractivity contribution in [2.45, 2.75) is 32.8 Å². The fraction of sp³-hybridized carbons (Fsp3) is 0.370. The molecule has 1 saturated heterocycles. The number of nitrogens with two attached hydrogens (primary N) is 1. The number of nitrogens with one attached hydrogen (secondary N) is 2. The number of aromatic nitrogens is 1. The maximum Gasteiger partial charge on any atom is 0.305 e. The van der Waals surface area contributed by atoms with Crippen molar-refractivity contribution in [3.05, 3.63) is 66.4 Å². The van der Waals surface area contributed by atoms with Gasteiger partial charge in [0.1, 0.15) is 24.8 Å². The number of hydrogen-bond acceptors (Lipinski definition) is 7. The van der Waals surface area contributed by atoms with Gasteiger partial charge in [-0.2, -0.15) is 0 Å². The van der Waals surface area contributed by atoms with Gasteiger partial charge in [-0.05, 0) is 55.1 Å². The van der Waals surface area contributed by atoms with Gasteiger partial charge >= 0.3 is 5.97 Å². The molecule has 8 nitrogen and oxygen atoms in total. The van der Waals surface area contributed by atoms with Crippen LogP contribution in [0, 0.1) is 5.92 Å². The zero-order valence-electron chi connectivity index (χ0n) is 20.2. The smallest absolute Gasteiger partial charge is 0.305 e. The van der Waals surface area contributed by atoms with Gasteiger partial charge in [0, 0.05) is 23.9 Å². The summed E-state index contributed by atoms with van der Waals surface area (Å²) in [5.41, 5.74) is 6.90. The van der Waals surface area contributed by atoms with Crippen LogP contribution in [0.1, 0.15) is 31.7 Å². The molecule has 1 aliphatic heterocycles. The number of anilines is 1. The maximum atomic E-state index is 12.0. The predicted molar refractivity (Wildman–Crippen MR) is 137 cm³/mol. The van der Waals surface area contributed by atoms with E-state index in [2.05, 4.69) is 15.6 Å². The van der Waals surface area contributed by atoms with E-state index in [0.29, 0.717) is 32.0 Å². The Morgan fingerprint density at radius 3 is 2.63 bits per heavy atom. The second-order valence-corrected chi connectivity index (χ2v) is 8.24.